The monoisotopic (exact) mass is 449 g/mol. The number of carbonyl (C=O) groups excluding carboxylic acids is 2. The summed E-state index contributed by atoms with van der Waals surface area (Å²) in [6.45, 7) is 11.7. The number of rotatable bonds is 2. The molecule has 1 fully saturated rings. The number of hydrogen-bond acceptors (Lipinski definition) is 3. The van der Waals surface area contributed by atoms with E-state index in [1.54, 1.807) is 4.90 Å². The van der Waals surface area contributed by atoms with Crippen molar-refractivity contribution in [1.82, 2.24) is 14.4 Å². The van der Waals surface area contributed by atoms with Gasteiger partial charge in [0.2, 0.25) is 0 Å². The predicted molar refractivity (Wildman–Crippen MR) is 114 cm³/mol. The van der Waals surface area contributed by atoms with Gasteiger partial charge in [-0.3, -0.25) is 4.79 Å². The molecule has 1 atom stereocenters. The number of amides is 2. The smallest absolute Gasteiger partial charge is 0.410 e. The van der Waals surface area contributed by atoms with Gasteiger partial charge in [-0.2, -0.15) is 0 Å². The minimum absolute atomic E-state index is 0.00119. The largest absolute Gasteiger partial charge is 0.444 e. The van der Waals surface area contributed by atoms with Crippen LogP contribution in [0.15, 0.2) is 28.7 Å². The van der Waals surface area contributed by atoms with Gasteiger partial charge >= 0.3 is 6.09 Å². The van der Waals surface area contributed by atoms with Crippen LogP contribution in [0, 0.1) is 0 Å². The van der Waals surface area contributed by atoms with Gasteiger partial charge in [0.05, 0.1) is 5.52 Å². The molecule has 152 valence electrons. The molecule has 0 unspecified atom stereocenters. The second kappa shape index (κ2) is 7.78. The van der Waals surface area contributed by atoms with Crippen LogP contribution in [0.2, 0.25) is 0 Å². The van der Waals surface area contributed by atoms with Crippen molar-refractivity contribution >= 4 is 38.8 Å². The van der Waals surface area contributed by atoms with Crippen molar-refractivity contribution in [2.75, 3.05) is 19.6 Å². The third-order valence-electron chi connectivity index (χ3n) is 4.95. The molecule has 0 spiro atoms. The molecular weight excluding hydrogens is 422 g/mol. The number of hydrogen-bond donors (Lipinski definition) is 0. The Morgan fingerprint density at radius 2 is 1.96 bits per heavy atom. The Morgan fingerprint density at radius 3 is 2.57 bits per heavy atom. The van der Waals surface area contributed by atoms with Crippen LogP contribution >= 0.6 is 15.9 Å². The molecule has 1 aromatic heterocycles. The number of halogens is 1. The van der Waals surface area contributed by atoms with E-state index in [2.05, 4.69) is 20.5 Å². The molecule has 1 aromatic carbocycles. The minimum Gasteiger partial charge on any atom is -0.444 e. The van der Waals surface area contributed by atoms with Gasteiger partial charge in [-0.05, 0) is 62.7 Å². The van der Waals surface area contributed by atoms with Crippen molar-refractivity contribution in [1.29, 1.82) is 0 Å². The van der Waals surface area contributed by atoms with Gasteiger partial charge < -0.3 is 19.1 Å². The molecule has 28 heavy (non-hydrogen) atoms. The Hall–Kier alpha value is -2.02. The summed E-state index contributed by atoms with van der Waals surface area (Å²) in [5.41, 5.74) is 1.19. The number of aryl methyl sites for hydroxylation is 1. The Morgan fingerprint density at radius 1 is 1.25 bits per heavy atom. The zero-order valence-corrected chi connectivity index (χ0v) is 18.7. The lowest BCUT2D eigenvalue weighted by Crippen LogP contribution is -2.56. The third kappa shape index (κ3) is 4.04. The molecule has 0 aliphatic carbocycles. The van der Waals surface area contributed by atoms with E-state index in [0.717, 1.165) is 15.4 Å². The average Bonchev–Trinajstić information content (AvgIpc) is 2.99. The van der Waals surface area contributed by atoms with Gasteiger partial charge in [0.15, 0.2) is 0 Å². The van der Waals surface area contributed by atoms with Gasteiger partial charge in [0.25, 0.3) is 5.91 Å². The topological polar surface area (TPSA) is 54.8 Å². The number of ether oxygens (including phenoxy) is 1. The van der Waals surface area contributed by atoms with E-state index >= 15 is 0 Å². The summed E-state index contributed by atoms with van der Waals surface area (Å²) < 4.78 is 8.50. The zero-order valence-electron chi connectivity index (χ0n) is 17.2. The maximum atomic E-state index is 13.3. The molecule has 6 nitrogen and oxygen atoms in total. The minimum atomic E-state index is -0.525. The van der Waals surface area contributed by atoms with Crippen LogP contribution in [0.1, 0.15) is 45.1 Å². The van der Waals surface area contributed by atoms with Crippen LogP contribution in [0.5, 0.6) is 0 Å². The summed E-state index contributed by atoms with van der Waals surface area (Å²) >= 11 is 3.60. The first-order chi connectivity index (χ1) is 13.1. The number of piperazine rings is 1. The maximum Gasteiger partial charge on any atom is 0.410 e. The second-order valence-corrected chi connectivity index (χ2v) is 9.08. The maximum absolute atomic E-state index is 13.3. The first kappa shape index (κ1) is 20.7. The van der Waals surface area contributed by atoms with Crippen LogP contribution in [-0.2, 0) is 11.3 Å². The molecule has 1 aliphatic rings. The molecule has 1 aliphatic heterocycles. The Bertz CT molecular complexity index is 900. The molecular formula is C21H28BrN3O3. The standard InChI is InChI=1S/C21H28BrN3O3/c1-6-24-17(12-15-8-7-9-16(22)18(15)24)19(26)25-11-10-23(13-14(25)2)20(27)28-21(3,4)5/h7-9,12,14H,6,10-11,13H2,1-5H3/t14-/m1/s1. The first-order valence-electron chi connectivity index (χ1n) is 9.69. The highest BCUT2D eigenvalue weighted by Gasteiger charge is 2.33. The highest BCUT2D eigenvalue weighted by Crippen LogP contribution is 2.29. The lowest BCUT2D eigenvalue weighted by Gasteiger charge is -2.40. The van der Waals surface area contributed by atoms with Gasteiger partial charge in [0.1, 0.15) is 11.3 Å². The fraction of sp³-hybridized carbons (Fsp3) is 0.524. The fourth-order valence-corrected chi connectivity index (χ4v) is 4.28. The number of aromatic nitrogens is 1. The predicted octanol–water partition coefficient (Wildman–Crippen LogP) is 4.51. The molecule has 1 saturated heterocycles. The summed E-state index contributed by atoms with van der Waals surface area (Å²) in [5.74, 6) is 0.00119. The molecule has 0 saturated carbocycles. The highest BCUT2D eigenvalue weighted by molar-refractivity contribution is 9.10. The van der Waals surface area contributed by atoms with Gasteiger partial charge in [-0.25, -0.2) is 4.79 Å². The Kier molecular flexibility index (Phi) is 5.75. The van der Waals surface area contributed by atoms with Gasteiger partial charge in [-0.1, -0.05) is 12.1 Å². The molecule has 2 aromatic rings. The summed E-state index contributed by atoms with van der Waals surface area (Å²) in [7, 11) is 0. The van der Waals surface area contributed by atoms with Gasteiger partial charge in [-0.15, -0.1) is 0 Å². The number of carbonyl (C=O) groups is 2. The molecule has 2 amide bonds. The van der Waals surface area contributed by atoms with E-state index in [9.17, 15) is 9.59 Å². The quantitative estimate of drug-likeness (QED) is 0.677. The lowest BCUT2D eigenvalue weighted by molar-refractivity contribution is 0.00598. The van der Waals surface area contributed by atoms with E-state index in [4.69, 9.17) is 4.74 Å². The second-order valence-electron chi connectivity index (χ2n) is 8.23. The van der Waals surface area contributed by atoms with Crippen molar-refractivity contribution in [3.05, 3.63) is 34.4 Å². The molecule has 7 heteroatoms. The Labute approximate surface area is 174 Å². The van der Waals surface area contributed by atoms with Gasteiger partial charge in [0, 0.05) is 42.1 Å². The molecule has 0 bridgehead atoms. The van der Waals surface area contributed by atoms with Crippen molar-refractivity contribution < 1.29 is 14.3 Å². The van der Waals surface area contributed by atoms with Crippen molar-refractivity contribution in [2.45, 2.75) is 52.8 Å². The van der Waals surface area contributed by atoms with E-state index in [1.165, 1.54) is 0 Å². The molecule has 2 heterocycles. The Balaban J connectivity index is 1.80. The normalized spacial score (nSPS) is 17.9. The van der Waals surface area contributed by atoms with Crippen LogP contribution in [0.3, 0.4) is 0 Å². The van der Waals surface area contributed by atoms with Crippen molar-refractivity contribution in [3.8, 4) is 0 Å². The summed E-state index contributed by atoms with van der Waals surface area (Å²) in [6.07, 6.45) is -0.321. The van der Waals surface area contributed by atoms with Crippen molar-refractivity contribution in [2.24, 2.45) is 0 Å². The highest BCUT2D eigenvalue weighted by atomic mass is 79.9. The molecule has 3 rings (SSSR count). The molecule has 0 N–H and O–H groups in total. The summed E-state index contributed by atoms with van der Waals surface area (Å²) in [5, 5.41) is 1.04. The zero-order chi connectivity index (χ0) is 20.6. The number of fused-ring (bicyclic) bond motifs is 1. The molecule has 0 radical (unpaired) electrons. The van der Waals surface area contributed by atoms with Crippen LogP contribution in [0.25, 0.3) is 10.9 Å². The van der Waals surface area contributed by atoms with Crippen LogP contribution in [-0.4, -0.2) is 57.6 Å². The van der Waals surface area contributed by atoms with E-state index in [0.29, 0.717) is 31.9 Å². The fourth-order valence-electron chi connectivity index (χ4n) is 3.68. The first-order valence-corrected chi connectivity index (χ1v) is 10.5. The SMILES string of the molecule is CCn1c(C(=O)N2CCN(C(=O)OC(C)(C)C)C[C@H]2C)cc2cccc(Br)c21. The number of benzene rings is 1. The third-order valence-corrected chi connectivity index (χ3v) is 5.59. The number of para-hydroxylation sites is 1. The number of nitrogens with zero attached hydrogens (tertiary/aromatic N) is 3. The van der Waals surface area contributed by atoms with Crippen molar-refractivity contribution in [3.63, 3.8) is 0 Å². The van der Waals surface area contributed by atoms with Crippen LogP contribution in [0.4, 0.5) is 4.79 Å². The lowest BCUT2D eigenvalue weighted by atomic mass is 10.1. The van der Waals surface area contributed by atoms with E-state index < -0.39 is 5.60 Å². The van der Waals surface area contributed by atoms with Crippen LogP contribution < -0.4 is 0 Å². The summed E-state index contributed by atoms with van der Waals surface area (Å²) in [4.78, 5) is 29.2. The summed E-state index contributed by atoms with van der Waals surface area (Å²) in [6, 6.07) is 7.86. The van der Waals surface area contributed by atoms with E-state index in [1.807, 2.05) is 63.8 Å². The average molecular weight is 450 g/mol. The van der Waals surface area contributed by atoms with E-state index in [-0.39, 0.29) is 18.0 Å².